The molecule has 3 aromatic carbocycles. The predicted molar refractivity (Wildman–Crippen MR) is 114 cm³/mol. The molecule has 5 nitrogen and oxygen atoms in total. The third kappa shape index (κ3) is 4.39. The van der Waals surface area contributed by atoms with E-state index in [9.17, 15) is 4.79 Å². The van der Waals surface area contributed by atoms with Crippen LogP contribution in [-0.2, 0) is 4.84 Å². The summed E-state index contributed by atoms with van der Waals surface area (Å²) < 4.78 is 1.81. The van der Waals surface area contributed by atoms with Crippen LogP contribution in [0.25, 0.3) is 5.69 Å². The van der Waals surface area contributed by atoms with Crippen molar-refractivity contribution in [3.05, 3.63) is 103 Å². The zero-order chi connectivity index (χ0) is 20.1. The number of amides is 1. The second-order valence-electron chi connectivity index (χ2n) is 6.18. The molecule has 4 aromatic rings. The molecule has 0 saturated heterocycles. The lowest BCUT2D eigenvalue weighted by atomic mass is 10.2. The van der Waals surface area contributed by atoms with E-state index in [0.29, 0.717) is 11.3 Å². The van der Waals surface area contributed by atoms with Gasteiger partial charge in [-0.3, -0.25) is 9.63 Å². The summed E-state index contributed by atoms with van der Waals surface area (Å²) in [6, 6.07) is 28.6. The fraction of sp³-hybridized carbons (Fsp3) is 0.0435. The number of rotatable bonds is 6. The maximum absolute atomic E-state index is 12.7. The van der Waals surface area contributed by atoms with Gasteiger partial charge in [0.1, 0.15) is 5.03 Å². The molecule has 0 N–H and O–H groups in total. The first-order valence-electron chi connectivity index (χ1n) is 9.07. The van der Waals surface area contributed by atoms with Crippen molar-refractivity contribution in [1.82, 2.24) is 9.78 Å². The highest BCUT2D eigenvalue weighted by Crippen LogP contribution is 2.26. The minimum Gasteiger partial charge on any atom is -0.269 e. The first-order chi connectivity index (χ1) is 14.2. The quantitative estimate of drug-likeness (QED) is 0.415. The topological polar surface area (TPSA) is 47.4 Å². The molecule has 0 aliphatic rings. The van der Waals surface area contributed by atoms with Crippen LogP contribution in [0.3, 0.4) is 0 Å². The van der Waals surface area contributed by atoms with Gasteiger partial charge in [-0.2, -0.15) is 10.2 Å². The highest BCUT2D eigenvalue weighted by molar-refractivity contribution is 7.99. The van der Waals surface area contributed by atoms with E-state index in [-0.39, 0.29) is 5.91 Å². The molecule has 6 heteroatoms. The van der Waals surface area contributed by atoms with E-state index in [1.54, 1.807) is 23.9 Å². The Labute approximate surface area is 173 Å². The number of nitrogens with zero attached hydrogens (tertiary/aromatic N) is 3. The lowest BCUT2D eigenvalue weighted by Crippen LogP contribution is -2.29. The summed E-state index contributed by atoms with van der Waals surface area (Å²) in [6.45, 7) is 0. The molecule has 0 unspecified atom stereocenters. The Bertz CT molecular complexity index is 1080. The Balaban J connectivity index is 1.51. The molecule has 0 radical (unpaired) electrons. The first kappa shape index (κ1) is 19.0. The minimum absolute atomic E-state index is 0.221. The van der Waals surface area contributed by atoms with Crippen LogP contribution in [0.5, 0.6) is 0 Å². The third-order valence-electron chi connectivity index (χ3n) is 4.27. The van der Waals surface area contributed by atoms with Crippen LogP contribution in [0.4, 0.5) is 5.69 Å². The number of benzene rings is 3. The van der Waals surface area contributed by atoms with Gasteiger partial charge >= 0.3 is 0 Å². The number of hydrogen-bond donors (Lipinski definition) is 0. The molecule has 0 aliphatic heterocycles. The summed E-state index contributed by atoms with van der Waals surface area (Å²) in [6.07, 6.45) is 1.92. The van der Waals surface area contributed by atoms with Gasteiger partial charge in [-0.05, 0) is 54.6 Å². The summed E-state index contributed by atoms with van der Waals surface area (Å²) in [5.41, 5.74) is 2.11. The van der Waals surface area contributed by atoms with E-state index in [4.69, 9.17) is 4.84 Å². The van der Waals surface area contributed by atoms with Gasteiger partial charge in [0.2, 0.25) is 0 Å². The molecular formula is C23H19N3O2S. The molecule has 1 heterocycles. The van der Waals surface area contributed by atoms with Crippen LogP contribution >= 0.6 is 11.8 Å². The molecule has 0 bridgehead atoms. The molecule has 0 aliphatic carbocycles. The molecule has 1 amide bonds. The van der Waals surface area contributed by atoms with E-state index < -0.39 is 0 Å². The van der Waals surface area contributed by atoms with Crippen LogP contribution < -0.4 is 5.06 Å². The normalized spacial score (nSPS) is 10.7. The molecular weight excluding hydrogens is 382 g/mol. The van der Waals surface area contributed by atoms with Crippen LogP contribution in [-0.4, -0.2) is 22.8 Å². The summed E-state index contributed by atoms with van der Waals surface area (Å²) in [5.74, 6) is -0.221. The highest BCUT2D eigenvalue weighted by Gasteiger charge is 2.17. The molecule has 0 atom stereocenters. The molecule has 29 heavy (non-hydrogen) atoms. The smallest absolute Gasteiger partial charge is 0.269 e. The summed E-state index contributed by atoms with van der Waals surface area (Å²) in [5, 5.41) is 6.81. The van der Waals surface area contributed by atoms with Gasteiger partial charge in [-0.25, -0.2) is 4.68 Å². The second-order valence-corrected chi connectivity index (χ2v) is 7.27. The number of carbonyl (C=O) groups is 1. The molecule has 144 valence electrons. The Hall–Kier alpha value is -3.35. The van der Waals surface area contributed by atoms with Crippen molar-refractivity contribution in [3.63, 3.8) is 0 Å². The summed E-state index contributed by atoms with van der Waals surface area (Å²) in [4.78, 5) is 19.2. The Morgan fingerprint density at radius 1 is 0.897 bits per heavy atom. The van der Waals surface area contributed by atoms with Gasteiger partial charge in [0.25, 0.3) is 5.91 Å². The third-order valence-corrected chi connectivity index (χ3v) is 5.20. The van der Waals surface area contributed by atoms with Gasteiger partial charge in [0.15, 0.2) is 0 Å². The van der Waals surface area contributed by atoms with E-state index in [1.807, 2.05) is 77.6 Å². The van der Waals surface area contributed by atoms with E-state index in [2.05, 4.69) is 17.2 Å². The maximum Gasteiger partial charge on any atom is 0.282 e. The fourth-order valence-electron chi connectivity index (χ4n) is 2.86. The van der Waals surface area contributed by atoms with Crippen molar-refractivity contribution in [2.75, 3.05) is 12.2 Å². The summed E-state index contributed by atoms with van der Waals surface area (Å²) in [7, 11) is 1.48. The number of aromatic nitrogens is 2. The van der Waals surface area contributed by atoms with Gasteiger partial charge < -0.3 is 0 Å². The Kier molecular flexibility index (Phi) is 5.74. The average Bonchev–Trinajstić information content (AvgIpc) is 3.24. The fourth-order valence-corrected chi connectivity index (χ4v) is 3.65. The Morgan fingerprint density at radius 2 is 1.55 bits per heavy atom. The largest absolute Gasteiger partial charge is 0.282 e. The lowest BCUT2D eigenvalue weighted by Gasteiger charge is -2.20. The van der Waals surface area contributed by atoms with E-state index >= 15 is 0 Å². The number of carbonyl (C=O) groups excluding carboxylic acids is 1. The van der Waals surface area contributed by atoms with Crippen molar-refractivity contribution in [1.29, 1.82) is 0 Å². The van der Waals surface area contributed by atoms with Crippen molar-refractivity contribution in [3.8, 4) is 5.69 Å². The molecule has 0 fully saturated rings. The lowest BCUT2D eigenvalue weighted by molar-refractivity contribution is 0.0773. The Morgan fingerprint density at radius 3 is 2.21 bits per heavy atom. The standard InChI is InChI=1S/C23H19N3O2S/c1-28-26(23(27)18-8-4-2-5-9-18)20-14-12-19(13-15-20)25-17-16-22(24-25)29-21-10-6-3-7-11-21/h2-17H,1H3. The van der Waals surface area contributed by atoms with Gasteiger partial charge in [0, 0.05) is 16.7 Å². The predicted octanol–water partition coefficient (Wildman–Crippen LogP) is 5.23. The van der Waals surface area contributed by atoms with Crippen LogP contribution in [0.2, 0.25) is 0 Å². The molecule has 1 aromatic heterocycles. The van der Waals surface area contributed by atoms with E-state index in [0.717, 1.165) is 15.6 Å². The monoisotopic (exact) mass is 401 g/mol. The molecule has 0 saturated carbocycles. The zero-order valence-electron chi connectivity index (χ0n) is 15.8. The number of hydrogen-bond acceptors (Lipinski definition) is 4. The second kappa shape index (κ2) is 8.77. The van der Waals surface area contributed by atoms with Crippen LogP contribution in [0.15, 0.2) is 107 Å². The highest BCUT2D eigenvalue weighted by atomic mass is 32.2. The van der Waals surface area contributed by atoms with Crippen molar-refractivity contribution >= 4 is 23.4 Å². The van der Waals surface area contributed by atoms with Gasteiger partial charge in [0.05, 0.1) is 18.5 Å². The van der Waals surface area contributed by atoms with Crippen molar-refractivity contribution in [2.24, 2.45) is 0 Å². The van der Waals surface area contributed by atoms with Crippen LogP contribution in [0.1, 0.15) is 10.4 Å². The van der Waals surface area contributed by atoms with Gasteiger partial charge in [-0.1, -0.05) is 48.2 Å². The minimum atomic E-state index is -0.221. The van der Waals surface area contributed by atoms with Crippen molar-refractivity contribution < 1.29 is 9.63 Å². The first-order valence-corrected chi connectivity index (χ1v) is 9.89. The zero-order valence-corrected chi connectivity index (χ0v) is 16.6. The maximum atomic E-state index is 12.7. The van der Waals surface area contributed by atoms with E-state index in [1.165, 1.54) is 12.2 Å². The number of anilines is 1. The molecule has 4 rings (SSSR count). The summed E-state index contributed by atoms with van der Waals surface area (Å²) >= 11 is 1.61. The van der Waals surface area contributed by atoms with Gasteiger partial charge in [-0.15, -0.1) is 0 Å². The molecule has 0 spiro atoms. The SMILES string of the molecule is CON(C(=O)c1ccccc1)c1ccc(-n2ccc(Sc3ccccc3)n2)cc1. The number of hydroxylamine groups is 1. The van der Waals surface area contributed by atoms with Crippen molar-refractivity contribution in [2.45, 2.75) is 9.92 Å². The average molecular weight is 401 g/mol. The van der Waals surface area contributed by atoms with Crippen LogP contribution in [0, 0.1) is 0 Å².